The first-order chi connectivity index (χ1) is 13.6. The summed E-state index contributed by atoms with van der Waals surface area (Å²) in [6.45, 7) is 5.61. The van der Waals surface area contributed by atoms with Gasteiger partial charge in [0.05, 0.1) is 12.7 Å². The first-order valence-corrected chi connectivity index (χ1v) is 9.94. The average molecular weight is 374 g/mol. The van der Waals surface area contributed by atoms with Crippen LogP contribution in [0.4, 0.5) is 0 Å². The summed E-state index contributed by atoms with van der Waals surface area (Å²) in [5.74, 6) is 0.476. The van der Waals surface area contributed by atoms with E-state index in [0.29, 0.717) is 30.7 Å². The minimum atomic E-state index is -0.0326. The molecule has 1 heterocycles. The van der Waals surface area contributed by atoms with Crippen LogP contribution in [-0.4, -0.2) is 31.8 Å². The Labute approximate surface area is 166 Å². The van der Waals surface area contributed by atoms with Gasteiger partial charge in [-0.25, -0.2) is 4.68 Å². The van der Waals surface area contributed by atoms with Crippen LogP contribution >= 0.6 is 0 Å². The lowest BCUT2D eigenvalue weighted by Gasteiger charge is -2.21. The summed E-state index contributed by atoms with van der Waals surface area (Å²) in [5, 5.41) is 8.30. The molecule has 0 saturated heterocycles. The van der Waals surface area contributed by atoms with Crippen LogP contribution in [-0.2, 0) is 13.1 Å². The van der Waals surface area contributed by atoms with Gasteiger partial charge in [0.2, 0.25) is 0 Å². The fraction of sp³-hybridized carbons (Fsp3) is 0.348. The summed E-state index contributed by atoms with van der Waals surface area (Å²) in [6.07, 6.45) is 3.88. The van der Waals surface area contributed by atoms with Crippen molar-refractivity contribution in [3.8, 4) is 0 Å². The summed E-state index contributed by atoms with van der Waals surface area (Å²) < 4.78 is 1.73. The maximum Gasteiger partial charge on any atom is 0.276 e. The normalized spacial score (nSPS) is 13.7. The minimum Gasteiger partial charge on any atom is -0.330 e. The van der Waals surface area contributed by atoms with Crippen LogP contribution < -0.4 is 0 Å². The summed E-state index contributed by atoms with van der Waals surface area (Å²) in [4.78, 5) is 15.0. The molecule has 1 amide bonds. The van der Waals surface area contributed by atoms with Crippen molar-refractivity contribution < 1.29 is 4.79 Å². The predicted molar refractivity (Wildman–Crippen MR) is 109 cm³/mol. The van der Waals surface area contributed by atoms with Crippen LogP contribution in [0.2, 0.25) is 0 Å². The Balaban J connectivity index is 1.47. The molecule has 0 radical (unpaired) electrons. The molecule has 0 bridgehead atoms. The lowest BCUT2D eigenvalue weighted by Crippen LogP contribution is -2.32. The standard InChI is InChI=1S/C23H26N4O/c1-17(2)20-10-8-19(9-11-20)15-27(21-12-13-21)23(28)22-16-26(25-24-22)14-18-6-4-3-5-7-18/h3-11,16-17,21H,12-15H2,1-2H3. The van der Waals surface area contributed by atoms with Crippen molar-refractivity contribution in [1.82, 2.24) is 19.9 Å². The number of rotatable bonds is 7. The number of amides is 1. The fourth-order valence-corrected chi connectivity index (χ4v) is 3.35. The second-order valence-corrected chi connectivity index (χ2v) is 7.85. The van der Waals surface area contributed by atoms with E-state index in [1.165, 1.54) is 5.56 Å². The van der Waals surface area contributed by atoms with Crippen LogP contribution in [0, 0.1) is 0 Å². The molecule has 28 heavy (non-hydrogen) atoms. The van der Waals surface area contributed by atoms with Crippen LogP contribution in [0.5, 0.6) is 0 Å². The highest BCUT2D eigenvalue weighted by molar-refractivity contribution is 5.92. The molecular weight excluding hydrogens is 348 g/mol. The van der Waals surface area contributed by atoms with Crippen LogP contribution in [0.15, 0.2) is 60.8 Å². The topological polar surface area (TPSA) is 51.0 Å². The number of hydrogen-bond donors (Lipinski definition) is 0. The zero-order valence-corrected chi connectivity index (χ0v) is 16.5. The van der Waals surface area contributed by atoms with Gasteiger partial charge in [-0.3, -0.25) is 4.79 Å². The molecule has 4 rings (SSSR count). The third-order valence-electron chi connectivity index (χ3n) is 5.19. The van der Waals surface area contributed by atoms with Gasteiger partial charge in [-0.1, -0.05) is 73.7 Å². The zero-order chi connectivity index (χ0) is 19.5. The summed E-state index contributed by atoms with van der Waals surface area (Å²) in [6, 6.07) is 19.0. The maximum absolute atomic E-state index is 13.1. The van der Waals surface area contributed by atoms with E-state index < -0.39 is 0 Å². The number of hydrogen-bond acceptors (Lipinski definition) is 3. The Kier molecular flexibility index (Phi) is 5.24. The third kappa shape index (κ3) is 4.30. The highest BCUT2D eigenvalue weighted by Gasteiger charge is 2.34. The first-order valence-electron chi connectivity index (χ1n) is 9.94. The van der Waals surface area contributed by atoms with Gasteiger partial charge in [-0.15, -0.1) is 5.10 Å². The van der Waals surface area contributed by atoms with Crippen LogP contribution in [0.1, 0.15) is 59.8 Å². The number of aromatic nitrogens is 3. The van der Waals surface area contributed by atoms with Gasteiger partial charge >= 0.3 is 0 Å². The summed E-state index contributed by atoms with van der Waals surface area (Å²) >= 11 is 0. The number of benzene rings is 2. The first kappa shape index (κ1) is 18.4. The van der Waals surface area contributed by atoms with Crippen LogP contribution in [0.3, 0.4) is 0 Å². The Morgan fingerprint density at radius 3 is 2.43 bits per heavy atom. The minimum absolute atomic E-state index is 0.0326. The second-order valence-electron chi connectivity index (χ2n) is 7.85. The van der Waals surface area contributed by atoms with Gasteiger partial charge < -0.3 is 4.90 Å². The molecule has 0 unspecified atom stereocenters. The van der Waals surface area contributed by atoms with Gasteiger partial charge in [0.15, 0.2) is 5.69 Å². The molecule has 1 saturated carbocycles. The Morgan fingerprint density at radius 2 is 1.79 bits per heavy atom. The molecule has 1 aliphatic carbocycles. The lowest BCUT2D eigenvalue weighted by molar-refractivity contribution is 0.0724. The highest BCUT2D eigenvalue weighted by atomic mass is 16.2. The van der Waals surface area contributed by atoms with E-state index in [1.807, 2.05) is 35.2 Å². The van der Waals surface area contributed by atoms with E-state index in [2.05, 4.69) is 48.4 Å². The van der Waals surface area contributed by atoms with Gasteiger partial charge in [0.25, 0.3) is 5.91 Å². The molecule has 144 valence electrons. The smallest absolute Gasteiger partial charge is 0.276 e. The molecular formula is C23H26N4O. The summed E-state index contributed by atoms with van der Waals surface area (Å²) in [7, 11) is 0. The fourth-order valence-electron chi connectivity index (χ4n) is 3.35. The van der Waals surface area contributed by atoms with Crippen molar-refractivity contribution in [2.24, 2.45) is 0 Å². The van der Waals surface area contributed by atoms with Crippen molar-refractivity contribution in [3.63, 3.8) is 0 Å². The monoisotopic (exact) mass is 374 g/mol. The predicted octanol–water partition coefficient (Wildman–Crippen LogP) is 4.25. The van der Waals surface area contributed by atoms with Crippen LogP contribution in [0.25, 0.3) is 0 Å². The SMILES string of the molecule is CC(C)c1ccc(CN(C(=O)c2cn(Cc3ccccc3)nn2)C2CC2)cc1. The highest BCUT2D eigenvalue weighted by Crippen LogP contribution is 2.30. The van der Waals surface area contributed by atoms with E-state index in [1.54, 1.807) is 10.9 Å². The lowest BCUT2D eigenvalue weighted by atomic mass is 10.0. The molecule has 0 atom stereocenters. The van der Waals surface area contributed by atoms with Gasteiger partial charge in [0.1, 0.15) is 0 Å². The van der Waals surface area contributed by atoms with E-state index in [0.717, 1.165) is 24.0 Å². The molecule has 5 nitrogen and oxygen atoms in total. The molecule has 3 aromatic rings. The quantitative estimate of drug-likeness (QED) is 0.621. The van der Waals surface area contributed by atoms with E-state index >= 15 is 0 Å². The zero-order valence-electron chi connectivity index (χ0n) is 16.5. The van der Waals surface area contributed by atoms with E-state index in [9.17, 15) is 4.79 Å². The van der Waals surface area contributed by atoms with Gasteiger partial charge in [-0.2, -0.15) is 0 Å². The molecule has 0 aliphatic heterocycles. The maximum atomic E-state index is 13.1. The van der Waals surface area contributed by atoms with Crippen molar-refractivity contribution in [3.05, 3.63) is 83.2 Å². The van der Waals surface area contributed by atoms with Gasteiger partial charge in [-0.05, 0) is 35.4 Å². The molecule has 0 N–H and O–H groups in total. The van der Waals surface area contributed by atoms with Crippen molar-refractivity contribution >= 4 is 5.91 Å². The number of carbonyl (C=O) groups excluding carboxylic acids is 1. The van der Waals surface area contributed by atoms with Crippen molar-refractivity contribution in [2.75, 3.05) is 0 Å². The molecule has 1 fully saturated rings. The summed E-state index contributed by atoms with van der Waals surface area (Å²) in [5.41, 5.74) is 4.02. The average Bonchev–Trinajstić information content (AvgIpc) is 3.45. The second kappa shape index (κ2) is 7.97. The largest absolute Gasteiger partial charge is 0.330 e. The Bertz CT molecular complexity index is 927. The number of nitrogens with zero attached hydrogens (tertiary/aromatic N) is 4. The molecule has 2 aromatic carbocycles. The van der Waals surface area contributed by atoms with Crippen molar-refractivity contribution in [2.45, 2.75) is 51.7 Å². The Hall–Kier alpha value is -2.95. The molecule has 5 heteroatoms. The Morgan fingerprint density at radius 1 is 1.07 bits per heavy atom. The molecule has 1 aromatic heterocycles. The molecule has 0 spiro atoms. The number of carbonyl (C=O) groups is 1. The van der Waals surface area contributed by atoms with E-state index in [4.69, 9.17) is 0 Å². The van der Waals surface area contributed by atoms with Crippen molar-refractivity contribution in [1.29, 1.82) is 0 Å². The van der Waals surface area contributed by atoms with Gasteiger partial charge in [0, 0.05) is 12.6 Å². The third-order valence-corrected chi connectivity index (χ3v) is 5.19. The molecule has 1 aliphatic rings. The van der Waals surface area contributed by atoms with E-state index in [-0.39, 0.29) is 5.91 Å².